The van der Waals surface area contributed by atoms with Gasteiger partial charge in [0.1, 0.15) is 6.33 Å². The Hall–Kier alpha value is -15.2. The number of rotatable bonds is 27. The number of benzene rings is 14. The second-order valence-electron chi connectivity index (χ2n) is 45.1. The Labute approximate surface area is 857 Å². The van der Waals surface area contributed by atoms with Crippen LogP contribution in [0.4, 0.5) is 0 Å². The summed E-state index contributed by atoms with van der Waals surface area (Å²) in [6, 6.07) is 134. The third-order valence-electron chi connectivity index (χ3n) is 30.8. The Morgan fingerprint density at radius 3 is 0.559 bits per heavy atom. The van der Waals surface area contributed by atoms with E-state index in [0.29, 0.717) is 5.92 Å². The summed E-state index contributed by atoms with van der Waals surface area (Å²) in [6.45, 7) is 25.6. The predicted molar refractivity (Wildman–Crippen MR) is 607 cm³/mol. The first-order valence-corrected chi connectivity index (χ1v) is 52.8. The maximum absolute atomic E-state index is 5.14. The van der Waals surface area contributed by atoms with Gasteiger partial charge in [0.2, 0.25) is 0 Å². The number of hydrogen-bond donors (Lipinski definition) is 0. The number of nitrogens with zero attached hydrogens (tertiary/aromatic N) is 6. The first-order valence-electron chi connectivity index (χ1n) is 52.8. The van der Waals surface area contributed by atoms with Crippen molar-refractivity contribution in [2.45, 2.75) is 175 Å². The second-order valence-corrected chi connectivity index (χ2v) is 45.1. The van der Waals surface area contributed by atoms with Crippen LogP contribution in [0.1, 0.15) is 178 Å². The van der Waals surface area contributed by atoms with Crippen molar-refractivity contribution in [1.29, 1.82) is 0 Å². The van der Waals surface area contributed by atoms with E-state index in [0.717, 1.165) is 250 Å². The molecule has 0 unspecified atom stereocenters. The molecule has 0 radical (unpaired) electrons. The molecule has 5 aromatic heterocycles. The summed E-state index contributed by atoms with van der Waals surface area (Å²) in [7, 11) is 0. The minimum Gasteiger partial charge on any atom is -0.256 e. The van der Waals surface area contributed by atoms with Gasteiger partial charge in [-0.1, -0.05) is 367 Å². The van der Waals surface area contributed by atoms with Gasteiger partial charge in [-0.25, -0.2) is 9.97 Å². The van der Waals surface area contributed by atoms with Gasteiger partial charge in [0.25, 0.3) is 0 Å². The highest BCUT2D eigenvalue weighted by molar-refractivity contribution is 5.98. The van der Waals surface area contributed by atoms with E-state index >= 15 is 0 Å². The van der Waals surface area contributed by atoms with E-state index in [2.05, 4.69) is 459 Å². The average Bonchev–Trinajstić information content (AvgIpc) is 1.22. The molecule has 0 N–H and O–H groups in total. The fourth-order valence-electron chi connectivity index (χ4n) is 22.1. The average molecular weight is 1880 g/mol. The van der Waals surface area contributed by atoms with Crippen molar-refractivity contribution < 1.29 is 0 Å². The van der Waals surface area contributed by atoms with Crippen LogP contribution < -0.4 is 0 Å². The molecule has 0 bridgehead atoms. The fourth-order valence-corrected chi connectivity index (χ4v) is 22.1. The lowest BCUT2D eigenvalue weighted by molar-refractivity contribution is 0.577. The molecule has 5 heterocycles. The van der Waals surface area contributed by atoms with Gasteiger partial charge >= 0.3 is 0 Å². The van der Waals surface area contributed by atoms with Gasteiger partial charge in [0.05, 0.1) is 34.2 Å². The molecule has 6 heteroatoms. The first kappa shape index (κ1) is 93.4. The van der Waals surface area contributed by atoms with E-state index in [1.165, 1.54) is 95.9 Å². The Kier molecular flexibility index (Phi) is 25.2. The largest absolute Gasteiger partial charge is 0.256 e. The maximum Gasteiger partial charge on any atom is 0.116 e. The van der Waals surface area contributed by atoms with E-state index in [1.807, 2.05) is 0 Å². The monoisotopic (exact) mass is 1880 g/mol. The molecule has 6 nitrogen and oxygen atoms in total. The lowest BCUT2D eigenvalue weighted by Crippen LogP contribution is -2.15. The molecular formula is C139H126N6. The van der Waals surface area contributed by atoms with Crippen LogP contribution in [0.15, 0.2) is 389 Å². The van der Waals surface area contributed by atoms with Crippen LogP contribution in [-0.4, -0.2) is 29.9 Å². The Balaban J connectivity index is 0.562. The lowest BCUT2D eigenvalue weighted by atomic mass is 9.82. The quantitative estimate of drug-likeness (QED) is 0.0511. The van der Waals surface area contributed by atoms with Gasteiger partial charge in [0.15, 0.2) is 0 Å². The molecule has 145 heavy (non-hydrogen) atoms. The van der Waals surface area contributed by atoms with Gasteiger partial charge in [-0.05, 0) is 368 Å². The van der Waals surface area contributed by atoms with Gasteiger partial charge in [0, 0.05) is 58.2 Å². The number of aromatic nitrogens is 6. The van der Waals surface area contributed by atoms with Crippen LogP contribution in [0.3, 0.4) is 0 Å². The van der Waals surface area contributed by atoms with Crippen LogP contribution in [0.2, 0.25) is 0 Å². The maximum atomic E-state index is 5.14. The Bertz CT molecular complexity index is 7820. The van der Waals surface area contributed by atoms with E-state index in [-0.39, 0.29) is 16.2 Å². The molecule has 0 aliphatic heterocycles. The van der Waals surface area contributed by atoms with Crippen LogP contribution in [0, 0.1) is 23.7 Å². The summed E-state index contributed by atoms with van der Waals surface area (Å²) in [5.74, 6) is 3.57. The van der Waals surface area contributed by atoms with E-state index < -0.39 is 0 Å². The van der Waals surface area contributed by atoms with Crippen LogP contribution in [0.25, 0.3) is 201 Å². The molecule has 4 saturated carbocycles. The summed E-state index contributed by atoms with van der Waals surface area (Å²) in [5, 5.41) is 0. The molecule has 712 valence electrons. The summed E-state index contributed by atoms with van der Waals surface area (Å²) in [4.78, 5) is 30.5. The fraction of sp³-hybridized carbons (Fsp3) is 0.223. The molecule has 0 spiro atoms. The molecule has 4 aliphatic carbocycles. The molecule has 23 rings (SSSR count). The highest BCUT2D eigenvalue weighted by Gasteiger charge is 2.33. The van der Waals surface area contributed by atoms with E-state index in [1.54, 1.807) is 6.33 Å². The Morgan fingerprint density at radius 1 is 0.193 bits per heavy atom. The minimum absolute atomic E-state index is 0.00456. The summed E-state index contributed by atoms with van der Waals surface area (Å²) in [6.07, 6.45) is 25.4. The van der Waals surface area contributed by atoms with Crippen molar-refractivity contribution in [3.8, 4) is 201 Å². The second kappa shape index (κ2) is 39.1. The SMILES string of the molecule is CC(C)c1cc(-c2ccc(-c3ccccc3-c3cc(-c4ccccc4-c4ccc(-c5cc(-c6ccc(-c7ccccc7-c7cc(-c8ccccc8-c8ccc(-c9cc(C(C)(C)C)c(CC%10CC%10)cn9)cc8)cc(-c8ccccc8-c8ccc(-c9cc(C(C)(C)C)c(CC%10CC%10)cn9)cc8)c7)cc6)ncn5)cc4)cc(-c4ccccc4-c4ccc(-c5cc(C(C)(C)C)c(CC6CC6)cn5)cc4)c3)cc2)ncc1CC1CC1. The molecular weight excluding hydrogens is 1750 g/mol. The molecule has 4 fully saturated rings. The zero-order chi connectivity index (χ0) is 98.8. The highest BCUT2D eigenvalue weighted by atomic mass is 14.8. The molecule has 0 amide bonds. The summed E-state index contributed by atoms with van der Waals surface area (Å²) in [5.41, 5.74) is 50.8. The highest BCUT2D eigenvalue weighted by Crippen LogP contribution is 2.50. The smallest absolute Gasteiger partial charge is 0.116 e. The molecule has 14 aromatic carbocycles. The van der Waals surface area contributed by atoms with Crippen LogP contribution in [-0.2, 0) is 41.9 Å². The van der Waals surface area contributed by atoms with Gasteiger partial charge < -0.3 is 0 Å². The normalized spacial score (nSPS) is 13.9. The van der Waals surface area contributed by atoms with Crippen molar-refractivity contribution in [2.75, 3.05) is 0 Å². The topological polar surface area (TPSA) is 77.3 Å². The first-order chi connectivity index (χ1) is 70.5. The van der Waals surface area contributed by atoms with Gasteiger partial charge in [-0.3, -0.25) is 19.9 Å². The summed E-state index contributed by atoms with van der Waals surface area (Å²) >= 11 is 0. The predicted octanol–water partition coefficient (Wildman–Crippen LogP) is 36.9. The third kappa shape index (κ3) is 20.4. The van der Waals surface area contributed by atoms with E-state index in [4.69, 9.17) is 29.9 Å². The van der Waals surface area contributed by atoms with Gasteiger partial charge in [-0.2, -0.15) is 0 Å². The van der Waals surface area contributed by atoms with E-state index in [9.17, 15) is 0 Å². The van der Waals surface area contributed by atoms with Crippen LogP contribution in [0.5, 0.6) is 0 Å². The van der Waals surface area contributed by atoms with Gasteiger partial charge in [-0.15, -0.1) is 0 Å². The zero-order valence-corrected chi connectivity index (χ0v) is 85.5. The van der Waals surface area contributed by atoms with Crippen molar-refractivity contribution in [3.05, 3.63) is 434 Å². The van der Waals surface area contributed by atoms with Crippen molar-refractivity contribution >= 4 is 0 Å². The molecule has 4 aliphatic rings. The molecule has 19 aromatic rings. The molecule has 0 saturated heterocycles. The molecule has 0 atom stereocenters. The zero-order valence-electron chi connectivity index (χ0n) is 85.5. The van der Waals surface area contributed by atoms with Crippen molar-refractivity contribution in [3.63, 3.8) is 0 Å². The minimum atomic E-state index is 0.00456. The standard InChI is InChI=1S/C139H126N6/c1-88(2)127-78-131(140-83-111(127)68-89-36-37-89)99-56-44-93(45-57-99)115-24-12-18-30-121(115)105-72-106(122-31-19-13-25-116(122)94-46-58-100(59-47-94)132-79-128(137(3,4)5)112(84-141-132)69-90-38-39-90)75-109(73-105)125-34-22-16-28-119(125)97-52-64-103(65-53-97)135-82-136(145-87-144-135)104-66-54-98(55-67-104)120-29-17-23-35-126(120)110-76-107(123-32-20-14-26-117(123)95-48-60-101(61-49-95)133-80-129(138(6,7)8)113(85-142-133)70-91-40-41-91)74-108(77-110)124-33-21-15-27-118(124)96-50-62-102(63-51-96)134-81-130(139(9,10)11)114(86-143-134)71-92-42-43-92/h12-35,44-67,72-92H,36-43,68-71H2,1-11H3. The lowest BCUT2D eigenvalue weighted by Gasteiger charge is -2.24. The van der Waals surface area contributed by atoms with Crippen molar-refractivity contribution in [2.24, 2.45) is 23.7 Å². The number of pyridine rings is 4. The van der Waals surface area contributed by atoms with Crippen LogP contribution >= 0.6 is 0 Å². The van der Waals surface area contributed by atoms with Crippen molar-refractivity contribution in [1.82, 2.24) is 29.9 Å². The summed E-state index contributed by atoms with van der Waals surface area (Å²) < 4.78 is 0. The number of hydrogen-bond acceptors (Lipinski definition) is 6. The third-order valence-corrected chi connectivity index (χ3v) is 30.8. The Morgan fingerprint density at radius 2 is 0.366 bits per heavy atom.